The summed E-state index contributed by atoms with van der Waals surface area (Å²) in [6.45, 7) is 3.73. The maximum Gasteiger partial charge on any atom is 0.300 e. The van der Waals surface area contributed by atoms with Gasteiger partial charge in [0, 0.05) is 24.4 Å². The van der Waals surface area contributed by atoms with Gasteiger partial charge in [0.25, 0.3) is 5.91 Å². The molecule has 6 nitrogen and oxygen atoms in total. The number of piperidine rings is 1. The van der Waals surface area contributed by atoms with Gasteiger partial charge >= 0.3 is 0 Å². The van der Waals surface area contributed by atoms with Crippen molar-refractivity contribution in [3.8, 4) is 23.7 Å². The number of carbonyl (C=O) groups is 1. The molecule has 34 heavy (non-hydrogen) atoms. The average Bonchev–Trinajstić information content (AvgIpc) is 3.27. The minimum absolute atomic E-state index is 0.00283. The van der Waals surface area contributed by atoms with Crippen LogP contribution in [0.4, 0.5) is 21.6 Å². The minimum atomic E-state index is -0.578. The van der Waals surface area contributed by atoms with Gasteiger partial charge in [-0.25, -0.2) is 14.4 Å². The molecule has 1 amide bonds. The average molecular weight is 474 g/mol. The first kappa shape index (κ1) is 22.2. The Labute approximate surface area is 201 Å². The van der Waals surface area contributed by atoms with E-state index >= 15 is 0 Å². The second-order valence-electron chi connectivity index (χ2n) is 8.54. The van der Waals surface area contributed by atoms with Crippen molar-refractivity contribution in [1.82, 2.24) is 14.9 Å². The normalized spacial score (nSPS) is 20.5. The van der Waals surface area contributed by atoms with Crippen LogP contribution in [0.3, 0.4) is 0 Å². The molecule has 8 heteroatoms. The van der Waals surface area contributed by atoms with Crippen LogP contribution < -0.4 is 10.6 Å². The summed E-state index contributed by atoms with van der Waals surface area (Å²) < 4.78 is 14.5. The molecule has 2 aliphatic rings. The molecular weight excluding hydrogens is 453 g/mol. The van der Waals surface area contributed by atoms with Crippen molar-refractivity contribution < 1.29 is 9.18 Å². The first-order valence-corrected chi connectivity index (χ1v) is 11.3. The molecule has 0 spiro atoms. The largest absolute Gasteiger partial charge is 0.337 e. The number of halogens is 2. The van der Waals surface area contributed by atoms with Crippen LogP contribution in [-0.2, 0) is 4.79 Å². The first-order valence-electron chi connectivity index (χ1n) is 10.9. The molecule has 2 fully saturated rings. The minimum Gasteiger partial charge on any atom is -0.337 e. The Bertz CT molecular complexity index is 1420. The van der Waals surface area contributed by atoms with Crippen molar-refractivity contribution in [2.75, 3.05) is 30.8 Å². The molecule has 1 aliphatic heterocycles. The fourth-order valence-electron chi connectivity index (χ4n) is 4.52. The zero-order valence-corrected chi connectivity index (χ0v) is 19.4. The molecule has 1 saturated carbocycles. The van der Waals surface area contributed by atoms with E-state index in [-0.39, 0.29) is 10.7 Å². The lowest BCUT2D eigenvalue weighted by Gasteiger charge is -2.12. The second-order valence-corrected chi connectivity index (χ2v) is 8.94. The molecule has 0 bridgehead atoms. The number of aromatic nitrogens is 2. The summed E-state index contributed by atoms with van der Waals surface area (Å²) in [4.78, 5) is 23.2. The maximum absolute atomic E-state index is 14.5. The predicted octanol–water partition coefficient (Wildman–Crippen LogP) is 4.29. The van der Waals surface area contributed by atoms with Crippen molar-refractivity contribution in [2.24, 2.45) is 17.8 Å². The van der Waals surface area contributed by atoms with Gasteiger partial charge in [-0.05, 0) is 56.0 Å². The number of fused-ring (bicyclic) bond motifs is 2. The van der Waals surface area contributed by atoms with Crippen molar-refractivity contribution in [2.45, 2.75) is 6.92 Å². The van der Waals surface area contributed by atoms with E-state index in [1.165, 1.54) is 12.4 Å². The van der Waals surface area contributed by atoms with Crippen LogP contribution in [0.2, 0.25) is 5.02 Å². The Balaban J connectivity index is 1.53. The van der Waals surface area contributed by atoms with Gasteiger partial charge < -0.3 is 15.5 Å². The lowest BCUT2D eigenvalue weighted by Crippen LogP contribution is -2.18. The van der Waals surface area contributed by atoms with Gasteiger partial charge in [-0.1, -0.05) is 35.4 Å². The van der Waals surface area contributed by atoms with Crippen LogP contribution in [0.5, 0.6) is 0 Å². The molecule has 2 aromatic carbocycles. The zero-order valence-electron chi connectivity index (χ0n) is 18.6. The molecule has 1 aliphatic carbocycles. The van der Waals surface area contributed by atoms with E-state index in [2.05, 4.69) is 56.2 Å². The van der Waals surface area contributed by atoms with Crippen molar-refractivity contribution in [1.29, 1.82) is 0 Å². The third-order valence-corrected chi connectivity index (χ3v) is 6.51. The van der Waals surface area contributed by atoms with Crippen molar-refractivity contribution in [3.63, 3.8) is 0 Å². The Morgan fingerprint density at radius 3 is 2.76 bits per heavy atom. The number of benzene rings is 2. The third-order valence-electron chi connectivity index (χ3n) is 6.22. The monoisotopic (exact) mass is 473 g/mol. The highest BCUT2D eigenvalue weighted by molar-refractivity contribution is 6.31. The fourth-order valence-corrected chi connectivity index (χ4v) is 4.69. The van der Waals surface area contributed by atoms with Gasteiger partial charge in [0.15, 0.2) is 5.82 Å². The molecule has 1 aromatic heterocycles. The Kier molecular flexibility index (Phi) is 5.83. The predicted molar refractivity (Wildman–Crippen MR) is 131 cm³/mol. The SMILES string of the molecule is CC#CC(=O)Nc1cc2c(Nc3cccc(Cl)c3F)ncnc2cc1C#C[C@@H]1[C@H]2CN(C)C[C@@H]12. The third kappa shape index (κ3) is 4.28. The lowest BCUT2D eigenvalue weighted by atomic mass is 10.1. The first-order chi connectivity index (χ1) is 16.4. The number of likely N-dealkylation sites (tertiary alicyclic amines) is 1. The van der Waals surface area contributed by atoms with Gasteiger partial charge in [0.05, 0.1) is 27.5 Å². The number of hydrogen-bond donors (Lipinski definition) is 2. The summed E-state index contributed by atoms with van der Waals surface area (Å²) in [6, 6.07) is 8.23. The fraction of sp³-hybridized carbons (Fsp3) is 0.269. The Hall–Kier alpha value is -3.65. The van der Waals surface area contributed by atoms with Gasteiger partial charge in [-0.2, -0.15) is 0 Å². The van der Waals surface area contributed by atoms with Crippen molar-refractivity contribution >= 4 is 45.6 Å². The van der Waals surface area contributed by atoms with Crippen LogP contribution in [0.15, 0.2) is 36.7 Å². The summed E-state index contributed by atoms with van der Waals surface area (Å²) >= 11 is 5.91. The van der Waals surface area contributed by atoms with E-state index in [0.29, 0.717) is 45.7 Å². The molecule has 5 rings (SSSR count). The highest BCUT2D eigenvalue weighted by Crippen LogP contribution is 2.50. The number of nitrogens with one attached hydrogen (secondary N) is 2. The number of carbonyl (C=O) groups excluding carboxylic acids is 1. The summed E-state index contributed by atoms with van der Waals surface area (Å²) in [5.74, 6) is 12.7. The number of anilines is 3. The number of nitrogens with zero attached hydrogens (tertiary/aromatic N) is 3. The highest BCUT2D eigenvalue weighted by Gasteiger charge is 2.53. The molecular formula is C26H21ClFN5O. The van der Waals surface area contributed by atoms with E-state index in [4.69, 9.17) is 11.6 Å². The molecule has 0 radical (unpaired) electrons. The van der Waals surface area contributed by atoms with E-state index in [0.717, 1.165) is 13.1 Å². The van der Waals surface area contributed by atoms with Crippen LogP contribution in [-0.4, -0.2) is 40.9 Å². The van der Waals surface area contributed by atoms with Crippen molar-refractivity contribution in [3.05, 3.63) is 53.1 Å². The lowest BCUT2D eigenvalue weighted by molar-refractivity contribution is -0.111. The molecule has 0 unspecified atom stereocenters. The number of rotatable bonds is 3. The number of amides is 1. The topological polar surface area (TPSA) is 70.1 Å². The van der Waals surface area contributed by atoms with Crippen LogP contribution in [0.25, 0.3) is 10.9 Å². The summed E-state index contributed by atoms with van der Waals surface area (Å²) in [5.41, 5.74) is 1.94. The van der Waals surface area contributed by atoms with E-state index in [1.54, 1.807) is 25.1 Å². The van der Waals surface area contributed by atoms with Crippen LogP contribution in [0, 0.1) is 47.3 Å². The number of hydrogen-bond acceptors (Lipinski definition) is 5. The summed E-state index contributed by atoms with van der Waals surface area (Å²) in [7, 11) is 2.13. The molecule has 1 saturated heterocycles. The molecule has 3 atom stereocenters. The molecule has 3 aromatic rings. The standard InChI is InChI=1S/C26H21ClFN5O/c1-3-5-24(34)31-22-11-17-23(10-15(22)8-9-16-18-12-33(2)13-19(16)18)29-14-30-26(17)32-21-7-4-6-20(27)25(21)28/h4,6-7,10-11,14,16,18-19H,12-13H2,1-2H3,(H,31,34)(H,29,30,32)/t16-,18-,19+. The summed E-state index contributed by atoms with van der Waals surface area (Å²) in [6.07, 6.45) is 1.40. The Morgan fingerprint density at radius 2 is 2.00 bits per heavy atom. The van der Waals surface area contributed by atoms with Gasteiger partial charge in [0.1, 0.15) is 12.1 Å². The summed E-state index contributed by atoms with van der Waals surface area (Å²) in [5, 5.41) is 6.39. The zero-order chi connectivity index (χ0) is 23.8. The quantitative estimate of drug-likeness (QED) is 0.555. The molecule has 170 valence electrons. The maximum atomic E-state index is 14.5. The smallest absolute Gasteiger partial charge is 0.300 e. The van der Waals surface area contributed by atoms with Gasteiger partial charge in [-0.15, -0.1) is 0 Å². The Morgan fingerprint density at radius 1 is 1.21 bits per heavy atom. The molecule has 2 heterocycles. The van der Waals surface area contributed by atoms with Gasteiger partial charge in [0.2, 0.25) is 0 Å². The van der Waals surface area contributed by atoms with E-state index in [9.17, 15) is 9.18 Å². The van der Waals surface area contributed by atoms with E-state index in [1.807, 2.05) is 6.07 Å². The van der Waals surface area contributed by atoms with Gasteiger partial charge in [-0.3, -0.25) is 4.79 Å². The van der Waals surface area contributed by atoms with Crippen LogP contribution >= 0.6 is 11.6 Å². The molecule has 2 N–H and O–H groups in total. The van der Waals surface area contributed by atoms with Crippen LogP contribution in [0.1, 0.15) is 12.5 Å². The van der Waals surface area contributed by atoms with E-state index < -0.39 is 11.7 Å². The highest BCUT2D eigenvalue weighted by atomic mass is 35.5. The second kappa shape index (κ2) is 8.95.